The second-order valence-electron chi connectivity index (χ2n) is 6.06. The Balaban J connectivity index is 2.40. The minimum atomic E-state index is -0.687. The fraction of sp³-hybridized carbons (Fsp3) is 0.923. The molecule has 1 aliphatic rings. The van der Waals surface area contributed by atoms with E-state index in [4.69, 9.17) is 5.11 Å². The first-order chi connectivity index (χ1) is 7.33. The molecule has 0 aromatic heterocycles. The van der Waals surface area contributed by atoms with Crippen molar-refractivity contribution in [1.29, 1.82) is 0 Å². The smallest absolute Gasteiger partial charge is 0.309 e. The number of nitrogens with zero attached hydrogens (tertiary/aromatic N) is 1. The Hall–Kier alpha value is -0.570. The molecular weight excluding hydrogens is 202 g/mol. The van der Waals surface area contributed by atoms with Crippen LogP contribution in [0.1, 0.15) is 47.0 Å². The van der Waals surface area contributed by atoms with Gasteiger partial charge in [0.2, 0.25) is 0 Å². The molecule has 0 saturated heterocycles. The predicted molar refractivity (Wildman–Crippen MR) is 65.5 cm³/mol. The van der Waals surface area contributed by atoms with Gasteiger partial charge in [-0.1, -0.05) is 13.8 Å². The van der Waals surface area contributed by atoms with E-state index in [0.717, 1.165) is 25.6 Å². The molecule has 0 amide bonds. The van der Waals surface area contributed by atoms with E-state index in [-0.39, 0.29) is 0 Å². The van der Waals surface area contributed by atoms with E-state index in [1.54, 1.807) is 0 Å². The van der Waals surface area contributed by atoms with Crippen molar-refractivity contribution in [1.82, 2.24) is 4.90 Å². The third kappa shape index (κ3) is 4.12. The van der Waals surface area contributed by atoms with Gasteiger partial charge in [0.1, 0.15) is 0 Å². The summed E-state index contributed by atoms with van der Waals surface area (Å²) in [5.41, 5.74) is -0.593. The van der Waals surface area contributed by atoms with Crippen molar-refractivity contribution in [3.05, 3.63) is 0 Å². The lowest BCUT2D eigenvalue weighted by atomic mass is 9.89. The van der Waals surface area contributed by atoms with Crippen LogP contribution < -0.4 is 0 Å². The van der Waals surface area contributed by atoms with E-state index in [1.165, 1.54) is 12.8 Å². The Morgan fingerprint density at radius 3 is 2.38 bits per heavy atom. The van der Waals surface area contributed by atoms with Gasteiger partial charge in [-0.05, 0) is 45.6 Å². The highest BCUT2D eigenvalue weighted by molar-refractivity contribution is 5.73. The molecule has 0 aliphatic heterocycles. The van der Waals surface area contributed by atoms with Crippen LogP contribution in [0.2, 0.25) is 0 Å². The molecule has 3 heteroatoms. The number of carboxylic acids is 1. The summed E-state index contributed by atoms with van der Waals surface area (Å²) in [5, 5.41) is 9.07. The first kappa shape index (κ1) is 13.5. The number of hydrogen-bond donors (Lipinski definition) is 1. The van der Waals surface area contributed by atoms with Crippen LogP contribution in [0.4, 0.5) is 0 Å². The van der Waals surface area contributed by atoms with Crippen molar-refractivity contribution in [2.24, 2.45) is 11.3 Å². The summed E-state index contributed by atoms with van der Waals surface area (Å²) in [6, 6.07) is 0.729. The Bertz CT molecular complexity index is 244. The molecule has 0 heterocycles. The summed E-state index contributed by atoms with van der Waals surface area (Å²) in [4.78, 5) is 13.5. The van der Waals surface area contributed by atoms with Crippen molar-refractivity contribution >= 4 is 5.97 Å². The van der Waals surface area contributed by atoms with Crippen LogP contribution in [0.3, 0.4) is 0 Å². The molecule has 16 heavy (non-hydrogen) atoms. The Morgan fingerprint density at radius 2 is 2.00 bits per heavy atom. The van der Waals surface area contributed by atoms with Gasteiger partial charge in [-0.25, -0.2) is 0 Å². The molecule has 1 fully saturated rings. The lowest BCUT2D eigenvalue weighted by molar-refractivity contribution is -0.147. The minimum Gasteiger partial charge on any atom is -0.481 e. The summed E-state index contributed by atoms with van der Waals surface area (Å²) < 4.78 is 0. The van der Waals surface area contributed by atoms with Gasteiger partial charge in [0.05, 0.1) is 5.41 Å². The molecule has 1 rings (SSSR count). The monoisotopic (exact) mass is 227 g/mol. The molecule has 1 aliphatic carbocycles. The normalized spacial score (nSPS) is 17.1. The summed E-state index contributed by atoms with van der Waals surface area (Å²) in [7, 11) is 0. The van der Waals surface area contributed by atoms with Gasteiger partial charge in [-0.2, -0.15) is 0 Å². The highest BCUT2D eigenvalue weighted by Crippen LogP contribution is 2.30. The SMILES string of the molecule is CC(C)CN(CCC(C)(C)C(=O)O)C1CC1. The zero-order valence-corrected chi connectivity index (χ0v) is 11.0. The molecule has 0 spiro atoms. The number of rotatable bonds is 7. The summed E-state index contributed by atoms with van der Waals surface area (Å²) in [5.74, 6) is -0.0265. The van der Waals surface area contributed by atoms with E-state index >= 15 is 0 Å². The summed E-state index contributed by atoms with van der Waals surface area (Å²) in [6.45, 7) is 10.1. The van der Waals surface area contributed by atoms with Gasteiger partial charge in [0.25, 0.3) is 0 Å². The highest BCUT2D eigenvalue weighted by Gasteiger charge is 2.32. The van der Waals surface area contributed by atoms with Crippen molar-refractivity contribution in [3.63, 3.8) is 0 Å². The van der Waals surface area contributed by atoms with Crippen molar-refractivity contribution in [2.75, 3.05) is 13.1 Å². The van der Waals surface area contributed by atoms with Crippen LogP contribution in [0.5, 0.6) is 0 Å². The topological polar surface area (TPSA) is 40.5 Å². The van der Waals surface area contributed by atoms with Gasteiger partial charge < -0.3 is 10.0 Å². The third-order valence-electron chi connectivity index (χ3n) is 3.27. The quantitative estimate of drug-likeness (QED) is 0.727. The maximum atomic E-state index is 11.0. The second-order valence-corrected chi connectivity index (χ2v) is 6.06. The number of hydrogen-bond acceptors (Lipinski definition) is 2. The molecule has 0 unspecified atom stereocenters. The van der Waals surface area contributed by atoms with E-state index in [9.17, 15) is 4.79 Å². The predicted octanol–water partition coefficient (Wildman–Crippen LogP) is 2.61. The van der Waals surface area contributed by atoms with E-state index in [1.807, 2.05) is 13.8 Å². The number of aliphatic carboxylic acids is 1. The standard InChI is InChI=1S/C13H25NO2/c1-10(2)9-14(11-5-6-11)8-7-13(3,4)12(15)16/h10-11H,5-9H2,1-4H3,(H,15,16). The third-order valence-corrected chi connectivity index (χ3v) is 3.27. The lowest BCUT2D eigenvalue weighted by Gasteiger charge is -2.28. The average Bonchev–Trinajstić information content (AvgIpc) is 2.94. The van der Waals surface area contributed by atoms with Crippen LogP contribution in [0.25, 0.3) is 0 Å². The van der Waals surface area contributed by atoms with Crippen LogP contribution in [-0.2, 0) is 4.79 Å². The molecule has 0 aromatic rings. The summed E-state index contributed by atoms with van der Waals surface area (Å²) in [6.07, 6.45) is 3.33. The zero-order chi connectivity index (χ0) is 12.3. The van der Waals surface area contributed by atoms with Crippen LogP contribution in [0, 0.1) is 11.3 Å². The Kier molecular flexibility index (Phi) is 4.36. The summed E-state index contributed by atoms with van der Waals surface area (Å²) >= 11 is 0. The molecule has 0 radical (unpaired) electrons. The highest BCUT2D eigenvalue weighted by atomic mass is 16.4. The largest absolute Gasteiger partial charge is 0.481 e. The van der Waals surface area contributed by atoms with Gasteiger partial charge >= 0.3 is 5.97 Å². The van der Waals surface area contributed by atoms with Crippen molar-refractivity contribution in [3.8, 4) is 0 Å². The maximum absolute atomic E-state index is 11.0. The molecule has 1 N–H and O–H groups in total. The van der Waals surface area contributed by atoms with Gasteiger partial charge in [0, 0.05) is 12.6 Å². The lowest BCUT2D eigenvalue weighted by Crippen LogP contribution is -2.35. The molecule has 94 valence electrons. The minimum absolute atomic E-state index is 0.593. The van der Waals surface area contributed by atoms with Crippen LogP contribution in [0.15, 0.2) is 0 Å². The Labute approximate surface area is 98.8 Å². The van der Waals surface area contributed by atoms with E-state index in [2.05, 4.69) is 18.7 Å². The number of carbonyl (C=O) groups is 1. The zero-order valence-electron chi connectivity index (χ0n) is 11.0. The second kappa shape index (κ2) is 5.17. The number of carboxylic acid groups (broad SMARTS) is 1. The molecule has 1 saturated carbocycles. The molecule has 3 nitrogen and oxygen atoms in total. The molecular formula is C13H25NO2. The van der Waals surface area contributed by atoms with Gasteiger partial charge in [0.15, 0.2) is 0 Å². The van der Waals surface area contributed by atoms with Crippen molar-refractivity contribution < 1.29 is 9.90 Å². The first-order valence-electron chi connectivity index (χ1n) is 6.30. The van der Waals surface area contributed by atoms with E-state index in [0.29, 0.717) is 5.92 Å². The van der Waals surface area contributed by atoms with Gasteiger partial charge in [-0.3, -0.25) is 4.79 Å². The Morgan fingerprint density at radius 1 is 1.44 bits per heavy atom. The van der Waals surface area contributed by atoms with Crippen molar-refractivity contribution in [2.45, 2.75) is 53.0 Å². The molecule has 0 atom stereocenters. The fourth-order valence-corrected chi connectivity index (χ4v) is 1.86. The maximum Gasteiger partial charge on any atom is 0.309 e. The average molecular weight is 227 g/mol. The van der Waals surface area contributed by atoms with Gasteiger partial charge in [-0.15, -0.1) is 0 Å². The molecule has 0 aromatic carbocycles. The fourth-order valence-electron chi connectivity index (χ4n) is 1.86. The van der Waals surface area contributed by atoms with Crippen LogP contribution >= 0.6 is 0 Å². The molecule has 0 bridgehead atoms. The first-order valence-corrected chi connectivity index (χ1v) is 6.30. The van der Waals surface area contributed by atoms with Crippen LogP contribution in [-0.4, -0.2) is 35.1 Å². The van der Waals surface area contributed by atoms with E-state index < -0.39 is 11.4 Å².